The van der Waals surface area contributed by atoms with Crippen molar-refractivity contribution in [3.8, 4) is 5.75 Å². The van der Waals surface area contributed by atoms with Gasteiger partial charge in [0, 0.05) is 15.6 Å². The second kappa shape index (κ2) is 6.80. The van der Waals surface area contributed by atoms with Gasteiger partial charge in [-0.2, -0.15) is 0 Å². The molecule has 0 fully saturated rings. The van der Waals surface area contributed by atoms with Crippen LogP contribution in [0.3, 0.4) is 0 Å². The highest BCUT2D eigenvalue weighted by molar-refractivity contribution is 7.20. The molecule has 0 radical (unpaired) electrons. The second-order valence-electron chi connectivity index (χ2n) is 4.99. The molecule has 0 atom stereocenters. The zero-order valence-electron chi connectivity index (χ0n) is 12.7. The van der Waals surface area contributed by atoms with E-state index in [0.29, 0.717) is 21.4 Å². The number of hydrogen-bond acceptors (Lipinski definition) is 5. The molecule has 0 aliphatic rings. The van der Waals surface area contributed by atoms with Crippen LogP contribution in [0.15, 0.2) is 48.5 Å². The van der Waals surface area contributed by atoms with Gasteiger partial charge in [-0.3, -0.25) is 4.79 Å². The lowest BCUT2D eigenvalue weighted by molar-refractivity contribution is 0.0479. The van der Waals surface area contributed by atoms with Crippen LogP contribution in [-0.4, -0.2) is 25.5 Å². The van der Waals surface area contributed by atoms with Crippen molar-refractivity contribution in [2.45, 2.75) is 0 Å². The van der Waals surface area contributed by atoms with Gasteiger partial charge in [0.05, 0.1) is 7.11 Å². The van der Waals surface area contributed by atoms with Gasteiger partial charge in [0.2, 0.25) is 0 Å². The van der Waals surface area contributed by atoms with Gasteiger partial charge in [-0.25, -0.2) is 9.18 Å². The molecule has 0 unspecified atom stereocenters. The van der Waals surface area contributed by atoms with Crippen molar-refractivity contribution in [1.82, 2.24) is 0 Å². The zero-order valence-corrected chi connectivity index (χ0v) is 13.6. The number of ether oxygens (including phenoxy) is 2. The molecule has 0 spiro atoms. The van der Waals surface area contributed by atoms with Crippen molar-refractivity contribution in [3.63, 3.8) is 0 Å². The quantitative estimate of drug-likeness (QED) is 0.517. The standard InChI is InChI=1S/C18H13FO4S/c1-22-12-5-2-4-11(8-12)15(20)10-23-18(21)17-9-13-14(19)6-3-7-16(13)24-17/h2-9H,10H2,1H3. The van der Waals surface area contributed by atoms with Gasteiger partial charge in [-0.15, -0.1) is 11.3 Å². The fraction of sp³-hybridized carbons (Fsp3) is 0.111. The van der Waals surface area contributed by atoms with Crippen molar-refractivity contribution < 1.29 is 23.5 Å². The smallest absolute Gasteiger partial charge is 0.348 e. The summed E-state index contributed by atoms with van der Waals surface area (Å²) in [5, 5.41) is 0.369. The van der Waals surface area contributed by atoms with Gasteiger partial charge in [-0.05, 0) is 30.3 Å². The number of ketones is 1. The topological polar surface area (TPSA) is 52.6 Å². The van der Waals surface area contributed by atoms with Gasteiger partial charge in [0.1, 0.15) is 16.4 Å². The minimum atomic E-state index is -0.646. The number of methoxy groups -OCH3 is 1. The Bertz CT molecular complexity index is 916. The van der Waals surface area contributed by atoms with E-state index < -0.39 is 11.8 Å². The fourth-order valence-corrected chi connectivity index (χ4v) is 3.18. The Morgan fingerprint density at radius 2 is 1.92 bits per heavy atom. The highest BCUT2D eigenvalue weighted by Crippen LogP contribution is 2.28. The van der Waals surface area contributed by atoms with Crippen molar-refractivity contribution in [2.24, 2.45) is 0 Å². The van der Waals surface area contributed by atoms with E-state index in [0.717, 1.165) is 11.3 Å². The molecule has 6 heteroatoms. The summed E-state index contributed by atoms with van der Waals surface area (Å²) in [5.74, 6) is -0.830. The van der Waals surface area contributed by atoms with E-state index in [-0.39, 0.29) is 17.3 Å². The largest absolute Gasteiger partial charge is 0.497 e. The fourth-order valence-electron chi connectivity index (χ4n) is 2.21. The molecule has 0 saturated heterocycles. The summed E-state index contributed by atoms with van der Waals surface area (Å²) in [6.45, 7) is -0.386. The van der Waals surface area contributed by atoms with Gasteiger partial charge >= 0.3 is 5.97 Å². The predicted octanol–water partition coefficient (Wildman–Crippen LogP) is 4.09. The number of thiophene rings is 1. The first kappa shape index (κ1) is 16.1. The molecule has 2 aromatic carbocycles. The van der Waals surface area contributed by atoms with E-state index in [4.69, 9.17) is 9.47 Å². The second-order valence-corrected chi connectivity index (χ2v) is 6.08. The molecule has 24 heavy (non-hydrogen) atoms. The lowest BCUT2D eigenvalue weighted by atomic mass is 10.1. The molecule has 0 aliphatic carbocycles. The molecule has 0 saturated carbocycles. The molecule has 0 amide bonds. The molecule has 3 aromatic rings. The Hall–Kier alpha value is -2.73. The number of fused-ring (bicyclic) bond motifs is 1. The molecule has 3 rings (SSSR count). The lowest BCUT2D eigenvalue weighted by Crippen LogP contribution is -2.13. The molecule has 122 valence electrons. The van der Waals surface area contributed by atoms with Crippen LogP contribution in [0.1, 0.15) is 20.0 Å². The van der Waals surface area contributed by atoms with E-state index in [9.17, 15) is 14.0 Å². The zero-order chi connectivity index (χ0) is 17.1. The number of rotatable bonds is 5. The number of carbonyl (C=O) groups excluding carboxylic acids is 2. The SMILES string of the molecule is COc1cccc(C(=O)COC(=O)c2cc3c(F)cccc3s2)c1. The molecule has 0 aliphatic heterocycles. The van der Waals surface area contributed by atoms with Crippen LogP contribution in [0, 0.1) is 5.82 Å². The lowest BCUT2D eigenvalue weighted by Gasteiger charge is -2.04. The van der Waals surface area contributed by atoms with E-state index in [1.807, 2.05) is 0 Å². The Balaban J connectivity index is 1.70. The van der Waals surface area contributed by atoms with Crippen LogP contribution in [0.4, 0.5) is 4.39 Å². The molecular weight excluding hydrogens is 331 g/mol. The number of Topliss-reactive ketones (excluding diaryl/α,β-unsaturated/α-hetero) is 1. The third-order valence-corrected chi connectivity index (χ3v) is 4.52. The van der Waals surface area contributed by atoms with Crippen LogP contribution in [0.25, 0.3) is 10.1 Å². The molecule has 1 heterocycles. The number of hydrogen-bond donors (Lipinski definition) is 0. The Kier molecular flexibility index (Phi) is 4.57. The van der Waals surface area contributed by atoms with Crippen LogP contribution < -0.4 is 4.74 Å². The highest BCUT2D eigenvalue weighted by Gasteiger charge is 2.16. The maximum Gasteiger partial charge on any atom is 0.348 e. The first-order chi connectivity index (χ1) is 11.6. The Labute approximate surface area is 141 Å². The average molecular weight is 344 g/mol. The monoisotopic (exact) mass is 344 g/mol. The van der Waals surface area contributed by atoms with E-state index in [2.05, 4.69) is 0 Å². The van der Waals surface area contributed by atoms with Crippen LogP contribution in [-0.2, 0) is 4.74 Å². The number of halogens is 1. The van der Waals surface area contributed by atoms with Gasteiger partial charge in [0.25, 0.3) is 0 Å². The van der Waals surface area contributed by atoms with Crippen molar-refractivity contribution in [2.75, 3.05) is 13.7 Å². The van der Waals surface area contributed by atoms with Crippen molar-refractivity contribution in [3.05, 3.63) is 64.8 Å². The third kappa shape index (κ3) is 3.28. The minimum absolute atomic E-state index is 0.258. The van der Waals surface area contributed by atoms with E-state index in [1.54, 1.807) is 36.4 Å². The predicted molar refractivity (Wildman–Crippen MR) is 89.4 cm³/mol. The summed E-state index contributed by atoms with van der Waals surface area (Å²) in [5.41, 5.74) is 0.393. The molecular formula is C18H13FO4S. The average Bonchev–Trinajstić information content (AvgIpc) is 3.05. The summed E-state index contributed by atoms with van der Waals surface area (Å²) in [4.78, 5) is 24.4. The van der Waals surface area contributed by atoms with Crippen LogP contribution in [0.5, 0.6) is 5.75 Å². The molecule has 0 N–H and O–H groups in total. The summed E-state index contributed by atoms with van der Waals surface area (Å²) in [6, 6.07) is 12.7. The van der Waals surface area contributed by atoms with Crippen LogP contribution in [0.2, 0.25) is 0 Å². The highest BCUT2D eigenvalue weighted by atomic mass is 32.1. The Morgan fingerprint density at radius 1 is 1.12 bits per heavy atom. The van der Waals surface area contributed by atoms with E-state index in [1.165, 1.54) is 19.2 Å². The number of carbonyl (C=O) groups is 2. The summed E-state index contributed by atoms with van der Waals surface area (Å²) in [6.07, 6.45) is 0. The minimum Gasteiger partial charge on any atom is -0.497 e. The number of benzene rings is 2. The van der Waals surface area contributed by atoms with E-state index >= 15 is 0 Å². The maximum atomic E-state index is 13.7. The molecule has 4 nitrogen and oxygen atoms in total. The van der Waals surface area contributed by atoms with Gasteiger partial charge in [-0.1, -0.05) is 18.2 Å². The Morgan fingerprint density at radius 3 is 2.67 bits per heavy atom. The first-order valence-corrected chi connectivity index (χ1v) is 7.92. The summed E-state index contributed by atoms with van der Waals surface area (Å²) < 4.78 is 24.4. The van der Waals surface area contributed by atoms with Gasteiger partial charge < -0.3 is 9.47 Å². The van der Waals surface area contributed by atoms with Gasteiger partial charge in [0.15, 0.2) is 12.4 Å². The first-order valence-electron chi connectivity index (χ1n) is 7.11. The molecule has 0 bridgehead atoms. The third-order valence-electron chi connectivity index (χ3n) is 3.44. The summed E-state index contributed by atoms with van der Waals surface area (Å²) in [7, 11) is 1.50. The van der Waals surface area contributed by atoms with Crippen LogP contribution >= 0.6 is 11.3 Å². The summed E-state index contributed by atoms with van der Waals surface area (Å²) >= 11 is 1.13. The van der Waals surface area contributed by atoms with Crippen molar-refractivity contribution in [1.29, 1.82) is 0 Å². The van der Waals surface area contributed by atoms with Crippen molar-refractivity contribution >= 4 is 33.2 Å². The molecule has 1 aromatic heterocycles. The normalized spacial score (nSPS) is 10.6. The maximum absolute atomic E-state index is 13.7. The number of esters is 1.